The van der Waals surface area contributed by atoms with E-state index in [0.29, 0.717) is 16.9 Å². The molecule has 0 aliphatic heterocycles. The van der Waals surface area contributed by atoms with E-state index in [1.807, 2.05) is 0 Å². The summed E-state index contributed by atoms with van der Waals surface area (Å²) in [6.07, 6.45) is 4.47. The Balaban J connectivity index is 2.09. The van der Waals surface area contributed by atoms with Crippen LogP contribution in [-0.2, 0) is 0 Å². The number of rotatable bonds is 5. The molecule has 3 nitrogen and oxygen atoms in total. The Kier molecular flexibility index (Phi) is 5.96. The van der Waals surface area contributed by atoms with Crippen LogP contribution in [0.2, 0.25) is 0 Å². The van der Waals surface area contributed by atoms with E-state index in [1.54, 1.807) is 12.1 Å². The molecule has 1 saturated carbocycles. The lowest BCUT2D eigenvalue weighted by atomic mass is 9.84. The van der Waals surface area contributed by atoms with Crippen LogP contribution in [0.5, 0.6) is 0 Å². The first-order valence-corrected chi connectivity index (χ1v) is 7.97. The topological polar surface area (TPSA) is 58.3 Å². The van der Waals surface area contributed by atoms with Crippen LogP contribution in [0.4, 0.5) is 4.39 Å². The molecule has 1 aliphatic carbocycles. The van der Waals surface area contributed by atoms with Crippen molar-refractivity contribution in [1.82, 2.24) is 5.32 Å². The van der Waals surface area contributed by atoms with Crippen LogP contribution < -0.4 is 11.1 Å². The van der Waals surface area contributed by atoms with Gasteiger partial charge in [0.2, 0.25) is 0 Å². The standard InChI is InChI=1S/C15H22BrFN2O/c16-12-7-10(5-6-13(12)17)15(8-18)19-14-4-2-1-3-11(14)9-20/h5-7,11,14-15,19-20H,1-4,8-9,18H2. The summed E-state index contributed by atoms with van der Waals surface area (Å²) in [5, 5.41) is 13.0. The van der Waals surface area contributed by atoms with Gasteiger partial charge in [-0.3, -0.25) is 0 Å². The predicted octanol–water partition coefficient (Wildman–Crippen LogP) is 2.73. The van der Waals surface area contributed by atoms with E-state index in [-0.39, 0.29) is 24.5 Å². The third-order valence-electron chi connectivity index (χ3n) is 4.14. The van der Waals surface area contributed by atoms with Gasteiger partial charge in [0.05, 0.1) is 4.47 Å². The molecule has 5 heteroatoms. The molecule has 1 fully saturated rings. The van der Waals surface area contributed by atoms with Gasteiger partial charge in [-0.05, 0) is 52.4 Å². The highest BCUT2D eigenvalue weighted by Gasteiger charge is 2.26. The normalized spacial score (nSPS) is 24.6. The summed E-state index contributed by atoms with van der Waals surface area (Å²) in [6.45, 7) is 0.661. The molecule has 3 unspecified atom stereocenters. The van der Waals surface area contributed by atoms with Crippen LogP contribution in [0.25, 0.3) is 0 Å². The van der Waals surface area contributed by atoms with E-state index in [0.717, 1.165) is 18.4 Å². The maximum atomic E-state index is 13.3. The minimum absolute atomic E-state index is 0.0101. The highest BCUT2D eigenvalue weighted by Crippen LogP contribution is 2.27. The molecule has 2 rings (SSSR count). The quantitative estimate of drug-likeness (QED) is 0.769. The van der Waals surface area contributed by atoms with Crippen LogP contribution >= 0.6 is 15.9 Å². The largest absolute Gasteiger partial charge is 0.396 e. The van der Waals surface area contributed by atoms with Gasteiger partial charge in [0.1, 0.15) is 5.82 Å². The van der Waals surface area contributed by atoms with Crippen LogP contribution in [0.15, 0.2) is 22.7 Å². The van der Waals surface area contributed by atoms with E-state index < -0.39 is 0 Å². The second kappa shape index (κ2) is 7.50. The second-order valence-corrected chi connectivity index (χ2v) is 6.32. The minimum Gasteiger partial charge on any atom is -0.396 e. The first-order valence-electron chi connectivity index (χ1n) is 7.17. The third-order valence-corrected chi connectivity index (χ3v) is 4.75. The molecule has 4 N–H and O–H groups in total. The Bertz CT molecular complexity index is 444. The van der Waals surface area contributed by atoms with Crippen LogP contribution in [0.1, 0.15) is 37.3 Å². The van der Waals surface area contributed by atoms with Gasteiger partial charge in [-0.25, -0.2) is 4.39 Å². The van der Waals surface area contributed by atoms with Gasteiger partial charge in [0.15, 0.2) is 0 Å². The molecule has 0 heterocycles. The molecular formula is C15H22BrFN2O. The molecule has 0 spiro atoms. The molecule has 0 aromatic heterocycles. The average molecular weight is 345 g/mol. The predicted molar refractivity (Wildman–Crippen MR) is 81.9 cm³/mol. The highest BCUT2D eigenvalue weighted by molar-refractivity contribution is 9.10. The molecule has 20 heavy (non-hydrogen) atoms. The second-order valence-electron chi connectivity index (χ2n) is 5.46. The Morgan fingerprint density at radius 3 is 2.80 bits per heavy atom. The maximum Gasteiger partial charge on any atom is 0.137 e. The van der Waals surface area contributed by atoms with Crippen molar-refractivity contribution in [2.24, 2.45) is 11.7 Å². The smallest absolute Gasteiger partial charge is 0.137 e. The zero-order valence-electron chi connectivity index (χ0n) is 11.5. The zero-order valence-corrected chi connectivity index (χ0v) is 13.1. The number of hydrogen-bond acceptors (Lipinski definition) is 3. The molecule has 1 aromatic carbocycles. The van der Waals surface area contributed by atoms with Gasteiger partial charge in [-0.15, -0.1) is 0 Å². The first kappa shape index (κ1) is 15.9. The Labute approximate surface area is 127 Å². The van der Waals surface area contributed by atoms with Gasteiger partial charge >= 0.3 is 0 Å². The van der Waals surface area contributed by atoms with Crippen LogP contribution in [0, 0.1) is 11.7 Å². The summed E-state index contributed by atoms with van der Waals surface area (Å²) >= 11 is 3.21. The average Bonchev–Trinajstić information content (AvgIpc) is 2.48. The van der Waals surface area contributed by atoms with Crippen LogP contribution in [-0.4, -0.2) is 24.3 Å². The van der Waals surface area contributed by atoms with Gasteiger partial charge in [-0.2, -0.15) is 0 Å². The van der Waals surface area contributed by atoms with E-state index in [9.17, 15) is 9.50 Å². The number of hydrogen-bond donors (Lipinski definition) is 3. The third kappa shape index (κ3) is 3.79. The summed E-state index contributed by atoms with van der Waals surface area (Å²) < 4.78 is 13.8. The Morgan fingerprint density at radius 1 is 1.40 bits per heavy atom. The van der Waals surface area contributed by atoms with Crippen molar-refractivity contribution >= 4 is 15.9 Å². The molecule has 0 amide bonds. The lowest BCUT2D eigenvalue weighted by Gasteiger charge is -2.34. The van der Waals surface area contributed by atoms with E-state index >= 15 is 0 Å². The highest BCUT2D eigenvalue weighted by atomic mass is 79.9. The fourth-order valence-electron chi connectivity index (χ4n) is 2.93. The van der Waals surface area contributed by atoms with Gasteiger partial charge < -0.3 is 16.2 Å². The van der Waals surface area contributed by atoms with Gasteiger partial charge in [-0.1, -0.05) is 18.9 Å². The van der Waals surface area contributed by atoms with Gasteiger partial charge in [0, 0.05) is 25.2 Å². The van der Waals surface area contributed by atoms with E-state index in [2.05, 4.69) is 21.2 Å². The van der Waals surface area contributed by atoms with E-state index in [1.165, 1.54) is 18.9 Å². The fraction of sp³-hybridized carbons (Fsp3) is 0.600. The van der Waals surface area contributed by atoms with Crippen molar-refractivity contribution in [3.8, 4) is 0 Å². The van der Waals surface area contributed by atoms with Crippen molar-refractivity contribution in [3.63, 3.8) is 0 Å². The number of halogens is 2. The number of nitrogens with one attached hydrogen (secondary N) is 1. The van der Waals surface area contributed by atoms with E-state index in [4.69, 9.17) is 5.73 Å². The Hall–Kier alpha value is -0.490. The first-order chi connectivity index (χ1) is 9.65. The lowest BCUT2D eigenvalue weighted by molar-refractivity contribution is 0.146. The molecule has 1 aromatic rings. The molecule has 0 bridgehead atoms. The molecule has 3 atom stereocenters. The lowest BCUT2D eigenvalue weighted by Crippen LogP contribution is -2.44. The fourth-order valence-corrected chi connectivity index (χ4v) is 3.33. The molecular weight excluding hydrogens is 323 g/mol. The van der Waals surface area contributed by atoms with Crippen LogP contribution in [0.3, 0.4) is 0 Å². The summed E-state index contributed by atoms with van der Waals surface area (Å²) in [5.41, 5.74) is 6.84. The molecule has 1 aliphatic rings. The maximum absolute atomic E-state index is 13.3. The SMILES string of the molecule is NCC(NC1CCCCC1CO)c1ccc(F)c(Br)c1. The number of nitrogens with two attached hydrogens (primary N) is 1. The Morgan fingerprint density at radius 2 is 2.15 bits per heavy atom. The number of aliphatic hydroxyl groups excluding tert-OH is 1. The molecule has 0 saturated heterocycles. The molecule has 112 valence electrons. The number of aliphatic hydroxyl groups is 1. The van der Waals surface area contributed by atoms with Crippen molar-refractivity contribution in [2.45, 2.75) is 37.8 Å². The van der Waals surface area contributed by atoms with Crippen molar-refractivity contribution in [3.05, 3.63) is 34.1 Å². The molecule has 0 radical (unpaired) electrons. The summed E-state index contributed by atoms with van der Waals surface area (Å²) in [4.78, 5) is 0. The summed E-state index contributed by atoms with van der Waals surface area (Å²) in [7, 11) is 0. The number of benzene rings is 1. The summed E-state index contributed by atoms with van der Waals surface area (Å²) in [5.74, 6) is 0.0251. The minimum atomic E-state index is -0.268. The van der Waals surface area contributed by atoms with Crippen molar-refractivity contribution in [2.75, 3.05) is 13.2 Å². The zero-order chi connectivity index (χ0) is 14.5. The van der Waals surface area contributed by atoms with Crippen molar-refractivity contribution in [1.29, 1.82) is 0 Å². The van der Waals surface area contributed by atoms with Gasteiger partial charge in [0.25, 0.3) is 0 Å². The summed E-state index contributed by atoms with van der Waals surface area (Å²) in [6, 6.07) is 5.27. The monoisotopic (exact) mass is 344 g/mol. The van der Waals surface area contributed by atoms with Crippen molar-refractivity contribution < 1.29 is 9.50 Å².